The molecule has 0 radical (unpaired) electrons. The Hall–Kier alpha value is -0.640. The third-order valence-electron chi connectivity index (χ3n) is 2.94. The van der Waals surface area contributed by atoms with Gasteiger partial charge < -0.3 is 4.74 Å². The molecule has 100 valence electrons. The minimum atomic E-state index is 0.699. The van der Waals surface area contributed by atoms with Gasteiger partial charge >= 0.3 is 0 Å². The third kappa shape index (κ3) is 15.4. The predicted octanol–water partition coefficient (Wildman–Crippen LogP) is 5.29. The molecule has 0 bridgehead atoms. The topological polar surface area (TPSA) is 9.23 Å². The molecule has 17 heavy (non-hydrogen) atoms. The van der Waals surface area contributed by atoms with E-state index in [1.165, 1.54) is 64.2 Å². The lowest BCUT2D eigenvalue weighted by molar-refractivity contribution is 0.298. The van der Waals surface area contributed by atoms with Crippen LogP contribution in [-0.2, 0) is 4.74 Å². The van der Waals surface area contributed by atoms with Crippen LogP contribution in [-0.4, -0.2) is 6.61 Å². The van der Waals surface area contributed by atoms with E-state index in [1.54, 1.807) is 0 Å². The molecule has 0 heterocycles. The van der Waals surface area contributed by atoms with Crippen molar-refractivity contribution in [3.05, 3.63) is 0 Å². The van der Waals surface area contributed by atoms with E-state index >= 15 is 0 Å². The fourth-order valence-corrected chi connectivity index (χ4v) is 1.88. The van der Waals surface area contributed by atoms with Crippen LogP contribution in [0.25, 0.3) is 0 Å². The summed E-state index contributed by atoms with van der Waals surface area (Å²) in [7, 11) is 0. The molecular formula is C16H30O. The fraction of sp³-hybridized carbons (Fsp3) is 0.875. The van der Waals surface area contributed by atoms with Gasteiger partial charge in [0.25, 0.3) is 0 Å². The molecule has 0 aliphatic heterocycles. The molecule has 0 aliphatic rings. The summed E-state index contributed by atoms with van der Waals surface area (Å²) in [5.41, 5.74) is 0. The van der Waals surface area contributed by atoms with Gasteiger partial charge in [0, 0.05) is 6.42 Å². The molecule has 1 nitrogen and oxygen atoms in total. The van der Waals surface area contributed by atoms with Gasteiger partial charge in [-0.15, -0.1) is 0 Å². The number of ether oxygens (including phenoxy) is 1. The second kappa shape index (κ2) is 15.4. The predicted molar refractivity (Wildman–Crippen MR) is 75.9 cm³/mol. The van der Waals surface area contributed by atoms with Crippen LogP contribution in [0.5, 0.6) is 0 Å². The molecule has 0 aromatic heterocycles. The molecule has 0 aromatic carbocycles. The van der Waals surface area contributed by atoms with E-state index < -0.39 is 0 Å². The molecule has 0 aliphatic carbocycles. The second-order valence-corrected chi connectivity index (χ2v) is 4.64. The summed E-state index contributed by atoms with van der Waals surface area (Å²) in [5, 5.41) is 0. The number of hydrogen-bond donors (Lipinski definition) is 0. The Morgan fingerprint density at radius 3 is 1.76 bits per heavy atom. The molecule has 0 rings (SSSR count). The fourth-order valence-electron chi connectivity index (χ4n) is 1.88. The van der Waals surface area contributed by atoms with Gasteiger partial charge in [0.1, 0.15) is 6.11 Å². The van der Waals surface area contributed by atoms with E-state index in [2.05, 4.69) is 19.0 Å². The summed E-state index contributed by atoms with van der Waals surface area (Å²) in [5.74, 6) is 3.04. The molecule has 0 atom stereocenters. The molecule has 0 amide bonds. The Morgan fingerprint density at radius 1 is 0.706 bits per heavy atom. The molecule has 0 unspecified atom stereocenters. The van der Waals surface area contributed by atoms with Crippen molar-refractivity contribution in [2.45, 2.75) is 84.5 Å². The molecular weight excluding hydrogens is 208 g/mol. The minimum Gasteiger partial charge on any atom is -0.447 e. The SMILES string of the molecule is CCCCCCCCCCCCC#COCC. The van der Waals surface area contributed by atoms with E-state index in [9.17, 15) is 0 Å². The first-order valence-corrected chi connectivity index (χ1v) is 7.51. The van der Waals surface area contributed by atoms with Crippen LogP contribution >= 0.6 is 0 Å². The smallest absolute Gasteiger partial charge is 0.110 e. The van der Waals surface area contributed by atoms with Crippen molar-refractivity contribution in [2.75, 3.05) is 6.61 Å². The van der Waals surface area contributed by atoms with Crippen LogP contribution in [0.2, 0.25) is 0 Å². The number of hydrogen-bond acceptors (Lipinski definition) is 1. The summed E-state index contributed by atoms with van der Waals surface area (Å²) >= 11 is 0. The average Bonchev–Trinajstić information content (AvgIpc) is 2.35. The van der Waals surface area contributed by atoms with Gasteiger partial charge in [-0.25, -0.2) is 0 Å². The zero-order chi connectivity index (χ0) is 12.6. The normalized spacial score (nSPS) is 9.76. The van der Waals surface area contributed by atoms with E-state index in [-0.39, 0.29) is 0 Å². The van der Waals surface area contributed by atoms with Gasteiger partial charge in [0.15, 0.2) is 0 Å². The van der Waals surface area contributed by atoms with Gasteiger partial charge in [0.05, 0.1) is 6.61 Å². The van der Waals surface area contributed by atoms with Crippen molar-refractivity contribution < 1.29 is 4.74 Å². The lowest BCUT2D eigenvalue weighted by Gasteiger charge is -2.00. The van der Waals surface area contributed by atoms with Crippen molar-refractivity contribution >= 4 is 0 Å². The van der Waals surface area contributed by atoms with Gasteiger partial charge in [-0.3, -0.25) is 0 Å². The lowest BCUT2D eigenvalue weighted by Crippen LogP contribution is -1.82. The van der Waals surface area contributed by atoms with Crippen LogP contribution in [0.4, 0.5) is 0 Å². The lowest BCUT2D eigenvalue weighted by atomic mass is 10.1. The Morgan fingerprint density at radius 2 is 1.24 bits per heavy atom. The highest BCUT2D eigenvalue weighted by molar-refractivity contribution is 4.90. The molecule has 0 fully saturated rings. The second-order valence-electron chi connectivity index (χ2n) is 4.64. The molecule has 0 saturated carbocycles. The number of unbranched alkanes of at least 4 members (excludes halogenated alkanes) is 10. The maximum atomic E-state index is 4.96. The molecule has 1 heteroatoms. The van der Waals surface area contributed by atoms with Gasteiger partial charge in [-0.1, -0.05) is 70.6 Å². The Balaban J connectivity index is 2.97. The maximum Gasteiger partial charge on any atom is 0.110 e. The largest absolute Gasteiger partial charge is 0.447 e. The van der Waals surface area contributed by atoms with Gasteiger partial charge in [-0.05, 0) is 13.3 Å². The highest BCUT2D eigenvalue weighted by Crippen LogP contribution is 2.10. The average molecular weight is 238 g/mol. The molecule has 0 saturated heterocycles. The molecule has 0 aromatic rings. The van der Waals surface area contributed by atoms with Crippen LogP contribution < -0.4 is 0 Å². The summed E-state index contributed by atoms with van der Waals surface area (Å²) in [6, 6.07) is 0. The van der Waals surface area contributed by atoms with Crippen LogP contribution in [0.3, 0.4) is 0 Å². The molecule has 0 spiro atoms. The zero-order valence-electron chi connectivity index (χ0n) is 11.9. The summed E-state index contributed by atoms with van der Waals surface area (Å²) in [4.78, 5) is 0. The third-order valence-corrected chi connectivity index (χ3v) is 2.94. The minimum absolute atomic E-state index is 0.699. The van der Waals surface area contributed by atoms with E-state index in [0.717, 1.165) is 6.42 Å². The van der Waals surface area contributed by atoms with Crippen molar-refractivity contribution in [3.8, 4) is 12.0 Å². The Bertz CT molecular complexity index is 187. The van der Waals surface area contributed by atoms with Crippen LogP contribution in [0.15, 0.2) is 0 Å². The summed E-state index contributed by atoms with van der Waals surface area (Å²) < 4.78 is 4.96. The van der Waals surface area contributed by atoms with Crippen LogP contribution in [0, 0.1) is 12.0 Å². The van der Waals surface area contributed by atoms with Crippen molar-refractivity contribution in [2.24, 2.45) is 0 Å². The summed E-state index contributed by atoms with van der Waals surface area (Å²) in [6.07, 6.45) is 17.6. The van der Waals surface area contributed by atoms with E-state index in [0.29, 0.717) is 6.61 Å². The van der Waals surface area contributed by atoms with E-state index in [1.807, 2.05) is 6.92 Å². The number of rotatable bonds is 11. The Labute approximate surface area is 108 Å². The van der Waals surface area contributed by atoms with Crippen molar-refractivity contribution in [3.63, 3.8) is 0 Å². The first-order chi connectivity index (χ1) is 8.41. The first kappa shape index (κ1) is 16.4. The van der Waals surface area contributed by atoms with Crippen LogP contribution in [0.1, 0.15) is 84.5 Å². The van der Waals surface area contributed by atoms with Crippen molar-refractivity contribution in [1.29, 1.82) is 0 Å². The Kier molecular flexibility index (Phi) is 14.8. The monoisotopic (exact) mass is 238 g/mol. The quantitative estimate of drug-likeness (QED) is 0.351. The van der Waals surface area contributed by atoms with Crippen molar-refractivity contribution in [1.82, 2.24) is 0 Å². The summed E-state index contributed by atoms with van der Waals surface area (Å²) in [6.45, 7) is 4.94. The van der Waals surface area contributed by atoms with E-state index in [4.69, 9.17) is 4.74 Å². The standard InChI is InChI=1S/C16H30O/c1-3-5-6-7-8-9-10-11-12-13-14-15-16-17-4-2/h3-14H2,1-2H3. The highest BCUT2D eigenvalue weighted by Gasteiger charge is 1.91. The maximum absolute atomic E-state index is 4.96. The highest BCUT2D eigenvalue weighted by atomic mass is 16.5. The zero-order valence-corrected chi connectivity index (χ0v) is 11.9. The van der Waals surface area contributed by atoms with Gasteiger partial charge in [0.2, 0.25) is 0 Å². The van der Waals surface area contributed by atoms with Gasteiger partial charge in [-0.2, -0.15) is 0 Å². The molecule has 0 N–H and O–H groups in total. The first-order valence-electron chi connectivity index (χ1n) is 7.51.